The van der Waals surface area contributed by atoms with Crippen molar-refractivity contribution in [1.29, 1.82) is 0 Å². The van der Waals surface area contributed by atoms with Gasteiger partial charge in [-0.05, 0) is 68.1 Å². The minimum absolute atomic E-state index is 0.151. The minimum Gasteiger partial charge on any atom is -0.488 e. The number of benzene rings is 2. The van der Waals surface area contributed by atoms with E-state index in [2.05, 4.69) is 5.32 Å². The summed E-state index contributed by atoms with van der Waals surface area (Å²) >= 11 is 0. The SMILES string of the molecule is C[C@H](Nc1ccc(O[C@H]2CCCC[C@@H]2O)cc1)c1cc(F)cc(F)c1. The maximum Gasteiger partial charge on any atom is 0.126 e. The van der Waals surface area contributed by atoms with Gasteiger partial charge in [0, 0.05) is 17.8 Å². The highest BCUT2D eigenvalue weighted by Gasteiger charge is 2.24. The van der Waals surface area contributed by atoms with Gasteiger partial charge in [-0.15, -0.1) is 0 Å². The topological polar surface area (TPSA) is 41.5 Å². The second-order valence-corrected chi connectivity index (χ2v) is 6.60. The first-order chi connectivity index (χ1) is 12.0. The fourth-order valence-electron chi connectivity index (χ4n) is 3.18. The summed E-state index contributed by atoms with van der Waals surface area (Å²) in [6.07, 6.45) is 3.21. The fourth-order valence-corrected chi connectivity index (χ4v) is 3.18. The standard InChI is InChI=1S/C20H23F2NO2/c1-13(14-10-15(21)12-16(22)11-14)23-17-6-8-18(9-7-17)25-20-5-3-2-4-19(20)24/h6-13,19-20,23-24H,2-5H2,1H3/t13-,19-,20-/m0/s1. The Labute approximate surface area is 146 Å². The Morgan fingerprint density at radius 1 is 1.04 bits per heavy atom. The molecule has 3 nitrogen and oxygen atoms in total. The molecule has 1 aliphatic rings. The van der Waals surface area contributed by atoms with Gasteiger partial charge in [-0.1, -0.05) is 6.42 Å². The first kappa shape index (κ1) is 17.7. The molecule has 1 saturated carbocycles. The Balaban J connectivity index is 1.62. The van der Waals surface area contributed by atoms with Gasteiger partial charge < -0.3 is 15.2 Å². The first-order valence-electron chi connectivity index (χ1n) is 8.68. The number of aliphatic hydroxyl groups is 1. The van der Waals surface area contributed by atoms with Crippen LogP contribution in [0.3, 0.4) is 0 Å². The molecule has 0 unspecified atom stereocenters. The molecule has 1 aliphatic carbocycles. The Morgan fingerprint density at radius 3 is 2.32 bits per heavy atom. The van der Waals surface area contributed by atoms with Gasteiger partial charge in [-0.25, -0.2) is 8.78 Å². The van der Waals surface area contributed by atoms with Gasteiger partial charge >= 0.3 is 0 Å². The molecule has 0 amide bonds. The molecule has 5 heteroatoms. The summed E-state index contributed by atoms with van der Waals surface area (Å²) in [5, 5.41) is 13.2. The number of ether oxygens (including phenoxy) is 1. The van der Waals surface area contributed by atoms with Gasteiger partial charge in [0.2, 0.25) is 0 Å². The molecule has 0 bridgehead atoms. The Morgan fingerprint density at radius 2 is 1.68 bits per heavy atom. The summed E-state index contributed by atoms with van der Waals surface area (Å²) in [4.78, 5) is 0. The molecule has 0 aromatic heterocycles. The largest absolute Gasteiger partial charge is 0.488 e. The van der Waals surface area contributed by atoms with Gasteiger partial charge in [-0.3, -0.25) is 0 Å². The summed E-state index contributed by atoms with van der Waals surface area (Å²) in [5.74, 6) is -0.460. The van der Waals surface area contributed by atoms with E-state index >= 15 is 0 Å². The highest BCUT2D eigenvalue weighted by molar-refractivity contribution is 5.48. The van der Waals surface area contributed by atoms with E-state index in [1.54, 1.807) is 0 Å². The van der Waals surface area contributed by atoms with Gasteiger partial charge in [0.1, 0.15) is 23.5 Å². The van der Waals surface area contributed by atoms with Crippen LogP contribution in [0.15, 0.2) is 42.5 Å². The van der Waals surface area contributed by atoms with E-state index in [0.717, 1.165) is 37.4 Å². The van der Waals surface area contributed by atoms with Crippen molar-refractivity contribution in [2.45, 2.75) is 50.9 Å². The average molecular weight is 347 g/mol. The van der Waals surface area contributed by atoms with Crippen LogP contribution < -0.4 is 10.1 Å². The number of nitrogens with one attached hydrogen (secondary N) is 1. The molecule has 3 atom stereocenters. The van der Waals surface area contributed by atoms with E-state index in [4.69, 9.17) is 4.74 Å². The Bertz CT molecular complexity index is 685. The van der Waals surface area contributed by atoms with Gasteiger partial charge in [0.05, 0.1) is 6.10 Å². The van der Waals surface area contributed by atoms with Gasteiger partial charge in [-0.2, -0.15) is 0 Å². The van der Waals surface area contributed by atoms with Crippen LogP contribution in [0.25, 0.3) is 0 Å². The van der Waals surface area contributed by atoms with E-state index < -0.39 is 17.7 Å². The van der Waals surface area contributed by atoms with Crippen LogP contribution in [-0.4, -0.2) is 17.3 Å². The molecule has 25 heavy (non-hydrogen) atoms. The smallest absolute Gasteiger partial charge is 0.126 e. The number of hydrogen-bond acceptors (Lipinski definition) is 3. The van der Waals surface area contributed by atoms with E-state index in [0.29, 0.717) is 11.3 Å². The van der Waals surface area contributed by atoms with Crippen molar-refractivity contribution < 1.29 is 18.6 Å². The third-order valence-electron chi connectivity index (χ3n) is 4.58. The number of anilines is 1. The molecule has 1 fully saturated rings. The normalized spacial score (nSPS) is 21.6. The van der Waals surface area contributed by atoms with Crippen LogP contribution in [-0.2, 0) is 0 Å². The van der Waals surface area contributed by atoms with Crippen LogP contribution in [0.5, 0.6) is 5.75 Å². The molecule has 2 aromatic rings. The maximum atomic E-state index is 13.3. The predicted molar refractivity (Wildman–Crippen MR) is 93.7 cm³/mol. The quantitative estimate of drug-likeness (QED) is 0.815. The molecule has 134 valence electrons. The lowest BCUT2D eigenvalue weighted by Crippen LogP contribution is -2.34. The lowest BCUT2D eigenvalue weighted by Gasteiger charge is -2.28. The van der Waals surface area contributed by atoms with Crippen molar-refractivity contribution in [1.82, 2.24) is 0 Å². The van der Waals surface area contributed by atoms with Crippen LogP contribution in [0.1, 0.15) is 44.2 Å². The predicted octanol–water partition coefficient (Wildman–Crippen LogP) is 4.82. The molecule has 2 aromatic carbocycles. The summed E-state index contributed by atoms with van der Waals surface area (Å²) < 4.78 is 32.5. The highest BCUT2D eigenvalue weighted by Crippen LogP contribution is 2.26. The lowest BCUT2D eigenvalue weighted by molar-refractivity contribution is 0.00688. The monoisotopic (exact) mass is 347 g/mol. The molecule has 0 radical (unpaired) electrons. The van der Waals surface area contributed by atoms with Crippen molar-refractivity contribution in [2.24, 2.45) is 0 Å². The fraction of sp³-hybridized carbons (Fsp3) is 0.400. The first-order valence-corrected chi connectivity index (χ1v) is 8.68. The van der Waals surface area contributed by atoms with Crippen molar-refractivity contribution in [3.63, 3.8) is 0 Å². The van der Waals surface area contributed by atoms with Gasteiger partial charge in [0.15, 0.2) is 0 Å². The van der Waals surface area contributed by atoms with E-state index in [9.17, 15) is 13.9 Å². The highest BCUT2D eigenvalue weighted by atomic mass is 19.1. The minimum atomic E-state index is -0.585. The van der Waals surface area contributed by atoms with Crippen LogP contribution in [0.2, 0.25) is 0 Å². The van der Waals surface area contributed by atoms with Crippen LogP contribution in [0, 0.1) is 11.6 Å². The zero-order valence-electron chi connectivity index (χ0n) is 14.2. The van der Waals surface area contributed by atoms with Crippen molar-refractivity contribution in [3.8, 4) is 5.75 Å². The van der Waals surface area contributed by atoms with Crippen molar-refractivity contribution >= 4 is 5.69 Å². The zero-order valence-corrected chi connectivity index (χ0v) is 14.2. The molecular weight excluding hydrogens is 324 g/mol. The second-order valence-electron chi connectivity index (χ2n) is 6.60. The zero-order chi connectivity index (χ0) is 17.8. The number of rotatable bonds is 5. The number of halogens is 2. The molecule has 0 saturated heterocycles. The van der Waals surface area contributed by atoms with Crippen LogP contribution >= 0.6 is 0 Å². The summed E-state index contributed by atoms with van der Waals surface area (Å²) in [7, 11) is 0. The van der Waals surface area contributed by atoms with Gasteiger partial charge in [0.25, 0.3) is 0 Å². The molecule has 0 heterocycles. The summed E-state index contributed by atoms with van der Waals surface area (Å²) in [6, 6.07) is 10.7. The Kier molecular flexibility index (Phi) is 5.53. The number of aliphatic hydroxyl groups excluding tert-OH is 1. The van der Waals surface area contributed by atoms with Crippen LogP contribution in [0.4, 0.5) is 14.5 Å². The lowest BCUT2D eigenvalue weighted by atomic mass is 9.95. The van der Waals surface area contributed by atoms with E-state index in [-0.39, 0.29) is 12.1 Å². The maximum absolute atomic E-state index is 13.3. The van der Waals surface area contributed by atoms with E-state index in [1.165, 1.54) is 12.1 Å². The molecule has 0 aliphatic heterocycles. The molecule has 3 rings (SSSR count). The summed E-state index contributed by atoms with van der Waals surface area (Å²) in [6.45, 7) is 1.84. The molecular formula is C20H23F2NO2. The summed E-state index contributed by atoms with van der Waals surface area (Å²) in [5.41, 5.74) is 1.37. The Hall–Kier alpha value is -2.14. The van der Waals surface area contributed by atoms with Crippen molar-refractivity contribution in [2.75, 3.05) is 5.32 Å². The third kappa shape index (κ3) is 4.69. The molecule has 2 N–H and O–H groups in total. The van der Waals surface area contributed by atoms with E-state index in [1.807, 2.05) is 31.2 Å². The third-order valence-corrected chi connectivity index (χ3v) is 4.58. The second kappa shape index (κ2) is 7.83. The average Bonchev–Trinajstić information content (AvgIpc) is 2.58. The van der Waals surface area contributed by atoms with Crippen molar-refractivity contribution in [3.05, 3.63) is 59.7 Å². The number of hydrogen-bond donors (Lipinski definition) is 2. The molecule has 0 spiro atoms.